The van der Waals surface area contributed by atoms with Crippen molar-refractivity contribution >= 4 is 35.1 Å². The molecule has 2 aromatic rings. The normalized spacial score (nSPS) is 11.6. The van der Waals surface area contributed by atoms with Gasteiger partial charge in [0.2, 0.25) is 0 Å². The van der Waals surface area contributed by atoms with Gasteiger partial charge in [0.1, 0.15) is 18.2 Å². The van der Waals surface area contributed by atoms with E-state index in [4.69, 9.17) is 32.7 Å². The Balaban J connectivity index is 2.05. The van der Waals surface area contributed by atoms with Gasteiger partial charge in [0.15, 0.2) is 0 Å². The third-order valence-electron chi connectivity index (χ3n) is 4.06. The minimum absolute atomic E-state index is 0.00583. The quantitative estimate of drug-likeness (QED) is 0.340. The smallest absolute Gasteiger partial charge is 0.310 e. The summed E-state index contributed by atoms with van der Waals surface area (Å²) in [5.74, 6) is -0.888. The molecule has 5 nitrogen and oxygen atoms in total. The SMILES string of the molecule is C=C/C(=C\C(Cl)=C\NC(=O)c1cc(OCc2cccc(F)c2)ccc1Cl)CC(=O)OCC. The zero-order valence-electron chi connectivity index (χ0n) is 17.4. The molecular formula is C24H22Cl2FNO4. The fourth-order valence-corrected chi connectivity index (χ4v) is 2.95. The van der Waals surface area contributed by atoms with Crippen LogP contribution in [0.4, 0.5) is 4.39 Å². The number of ether oxygens (including phenoxy) is 2. The zero-order chi connectivity index (χ0) is 23.5. The fourth-order valence-electron chi connectivity index (χ4n) is 2.55. The minimum atomic E-state index is -0.511. The van der Waals surface area contributed by atoms with E-state index in [0.717, 1.165) is 0 Å². The Morgan fingerprint density at radius 3 is 2.69 bits per heavy atom. The van der Waals surface area contributed by atoms with Crippen molar-refractivity contribution in [3.63, 3.8) is 0 Å². The second kappa shape index (κ2) is 12.7. The number of hydrogen-bond donors (Lipinski definition) is 1. The van der Waals surface area contributed by atoms with Crippen LogP contribution >= 0.6 is 23.2 Å². The van der Waals surface area contributed by atoms with Gasteiger partial charge in [-0.2, -0.15) is 0 Å². The van der Waals surface area contributed by atoms with E-state index in [1.165, 1.54) is 42.6 Å². The zero-order valence-corrected chi connectivity index (χ0v) is 18.9. The van der Waals surface area contributed by atoms with Gasteiger partial charge in [0.25, 0.3) is 5.91 Å². The first kappa shape index (κ1) is 25.2. The molecule has 168 valence electrons. The Hall–Kier alpha value is -3.09. The molecule has 1 N–H and O–H groups in total. The summed E-state index contributed by atoms with van der Waals surface area (Å²) in [4.78, 5) is 24.1. The maximum absolute atomic E-state index is 13.3. The van der Waals surface area contributed by atoms with E-state index in [9.17, 15) is 14.0 Å². The summed E-state index contributed by atoms with van der Waals surface area (Å²) >= 11 is 12.3. The summed E-state index contributed by atoms with van der Waals surface area (Å²) in [7, 11) is 0. The van der Waals surface area contributed by atoms with Gasteiger partial charge in [-0.05, 0) is 54.5 Å². The molecule has 0 saturated heterocycles. The van der Waals surface area contributed by atoms with E-state index in [2.05, 4.69) is 11.9 Å². The van der Waals surface area contributed by atoms with Crippen LogP contribution in [0.1, 0.15) is 29.3 Å². The van der Waals surface area contributed by atoms with Crippen molar-refractivity contribution in [1.82, 2.24) is 5.32 Å². The number of carbonyl (C=O) groups is 2. The number of benzene rings is 2. The Morgan fingerprint density at radius 2 is 2.00 bits per heavy atom. The van der Waals surface area contributed by atoms with Crippen LogP contribution in [0.5, 0.6) is 5.75 Å². The highest BCUT2D eigenvalue weighted by Gasteiger charge is 2.12. The van der Waals surface area contributed by atoms with Crippen molar-refractivity contribution in [2.45, 2.75) is 20.0 Å². The van der Waals surface area contributed by atoms with Crippen LogP contribution in [0.25, 0.3) is 0 Å². The number of esters is 1. The number of rotatable bonds is 10. The molecule has 0 heterocycles. The predicted octanol–water partition coefficient (Wildman–Crippen LogP) is 5.93. The highest BCUT2D eigenvalue weighted by Crippen LogP contribution is 2.23. The summed E-state index contributed by atoms with van der Waals surface area (Å²) in [6.45, 7) is 5.75. The standard InChI is InChI=1S/C24H22Cl2FNO4/c1-3-16(12-23(29)31-4-2)10-18(25)14-28-24(30)21-13-20(8-9-22(21)26)32-15-17-6-5-7-19(27)11-17/h3,5-11,13-14H,1,4,12,15H2,2H3,(H,28,30)/b16-10+,18-14-. The lowest BCUT2D eigenvalue weighted by Crippen LogP contribution is -2.18. The Bertz CT molecular complexity index is 1050. The molecule has 2 rings (SSSR count). The van der Waals surface area contributed by atoms with Crippen LogP contribution in [-0.4, -0.2) is 18.5 Å². The summed E-state index contributed by atoms with van der Waals surface area (Å²) in [5.41, 5.74) is 1.35. The predicted molar refractivity (Wildman–Crippen MR) is 123 cm³/mol. The van der Waals surface area contributed by atoms with Gasteiger partial charge in [-0.15, -0.1) is 0 Å². The first-order valence-electron chi connectivity index (χ1n) is 9.64. The van der Waals surface area contributed by atoms with Crippen molar-refractivity contribution in [1.29, 1.82) is 0 Å². The first-order chi connectivity index (χ1) is 15.3. The summed E-state index contributed by atoms with van der Waals surface area (Å²) in [6.07, 6.45) is 4.25. The third-order valence-corrected chi connectivity index (χ3v) is 4.61. The van der Waals surface area contributed by atoms with Gasteiger partial charge in [0.05, 0.1) is 28.6 Å². The molecule has 0 aliphatic heterocycles. The summed E-state index contributed by atoms with van der Waals surface area (Å²) in [5, 5.41) is 2.93. The summed E-state index contributed by atoms with van der Waals surface area (Å²) < 4.78 is 23.8. The Kier molecular flexibility index (Phi) is 9.98. The molecule has 8 heteroatoms. The highest BCUT2D eigenvalue weighted by atomic mass is 35.5. The molecule has 1 amide bonds. The van der Waals surface area contributed by atoms with Gasteiger partial charge < -0.3 is 14.8 Å². The van der Waals surface area contributed by atoms with E-state index in [0.29, 0.717) is 16.9 Å². The summed E-state index contributed by atoms with van der Waals surface area (Å²) in [6, 6.07) is 10.6. The molecule has 0 aromatic heterocycles. The van der Waals surface area contributed by atoms with Crippen LogP contribution < -0.4 is 10.1 Å². The van der Waals surface area contributed by atoms with E-state index >= 15 is 0 Å². The second-order valence-electron chi connectivity index (χ2n) is 6.47. The van der Waals surface area contributed by atoms with E-state index < -0.39 is 11.9 Å². The van der Waals surface area contributed by atoms with Crippen molar-refractivity contribution in [3.8, 4) is 5.75 Å². The topological polar surface area (TPSA) is 64.6 Å². The average molecular weight is 478 g/mol. The molecule has 0 spiro atoms. The number of nitrogens with one attached hydrogen (secondary N) is 1. The van der Waals surface area contributed by atoms with E-state index in [1.807, 2.05) is 0 Å². The molecule has 0 unspecified atom stereocenters. The Labute approximate surface area is 196 Å². The van der Waals surface area contributed by atoms with Crippen LogP contribution in [-0.2, 0) is 16.1 Å². The molecule has 0 saturated carbocycles. The number of amides is 1. The fraction of sp³-hybridized carbons (Fsp3) is 0.167. The maximum atomic E-state index is 13.3. The average Bonchev–Trinajstić information content (AvgIpc) is 2.76. The molecule has 32 heavy (non-hydrogen) atoms. The molecule has 0 radical (unpaired) electrons. The minimum Gasteiger partial charge on any atom is -0.489 e. The first-order valence-corrected chi connectivity index (χ1v) is 10.4. The van der Waals surface area contributed by atoms with Gasteiger partial charge in [0, 0.05) is 6.20 Å². The molecule has 0 aliphatic carbocycles. The lowest BCUT2D eigenvalue weighted by molar-refractivity contribution is -0.142. The number of allylic oxidation sites excluding steroid dienone is 3. The van der Waals surface area contributed by atoms with Crippen molar-refractivity contribution in [2.24, 2.45) is 0 Å². The van der Waals surface area contributed by atoms with Crippen molar-refractivity contribution < 1.29 is 23.5 Å². The van der Waals surface area contributed by atoms with Crippen LogP contribution in [0.3, 0.4) is 0 Å². The van der Waals surface area contributed by atoms with Crippen molar-refractivity contribution in [2.75, 3.05) is 6.61 Å². The van der Waals surface area contributed by atoms with Crippen LogP contribution in [0, 0.1) is 5.82 Å². The van der Waals surface area contributed by atoms with Crippen molar-refractivity contribution in [3.05, 3.63) is 100.0 Å². The number of hydrogen-bond acceptors (Lipinski definition) is 4. The third kappa shape index (κ3) is 8.21. The number of halogens is 3. The lowest BCUT2D eigenvalue weighted by atomic mass is 10.1. The largest absolute Gasteiger partial charge is 0.489 e. The molecular weight excluding hydrogens is 456 g/mol. The number of carbonyl (C=O) groups excluding carboxylic acids is 2. The maximum Gasteiger partial charge on any atom is 0.310 e. The lowest BCUT2D eigenvalue weighted by Gasteiger charge is -2.09. The van der Waals surface area contributed by atoms with Gasteiger partial charge >= 0.3 is 5.97 Å². The van der Waals surface area contributed by atoms with Gasteiger partial charge in [-0.1, -0.05) is 48.0 Å². The van der Waals surface area contributed by atoms with E-state index in [1.54, 1.807) is 25.1 Å². The Morgan fingerprint density at radius 1 is 1.22 bits per heavy atom. The highest BCUT2D eigenvalue weighted by molar-refractivity contribution is 6.34. The second-order valence-corrected chi connectivity index (χ2v) is 7.31. The molecule has 0 aliphatic rings. The van der Waals surface area contributed by atoms with Gasteiger partial charge in [-0.25, -0.2) is 4.39 Å². The molecule has 2 aromatic carbocycles. The van der Waals surface area contributed by atoms with Gasteiger partial charge in [-0.3, -0.25) is 9.59 Å². The van der Waals surface area contributed by atoms with Crippen LogP contribution in [0.15, 0.2) is 78.0 Å². The van der Waals surface area contributed by atoms with Crippen LogP contribution in [0.2, 0.25) is 5.02 Å². The molecule has 0 fully saturated rings. The van der Waals surface area contributed by atoms with E-state index in [-0.39, 0.29) is 41.1 Å². The molecule has 0 bridgehead atoms. The molecule has 0 atom stereocenters. The monoisotopic (exact) mass is 477 g/mol.